The lowest BCUT2D eigenvalue weighted by Gasteiger charge is -2.28. The van der Waals surface area contributed by atoms with Crippen molar-refractivity contribution < 1.29 is 9.84 Å². The van der Waals surface area contributed by atoms with Gasteiger partial charge in [0.05, 0.1) is 6.54 Å². The average molecular weight is 271 g/mol. The molecule has 0 atom stereocenters. The lowest BCUT2D eigenvalue weighted by molar-refractivity contribution is -0.0732. The first-order valence-corrected chi connectivity index (χ1v) is 4.66. The average Bonchev–Trinajstić information content (AvgIpc) is 2.67. The number of ether oxygens (including phenoxy) is 1. The standard InChI is InChI=1S/C8H14N4O2.2ClH/c9-5-6-10-7(12-11-6)8(13)1-3-14-4-2-8;;/h13H,1-5,9H2,(H,10,11,12);2*1H. The molecule has 6 nitrogen and oxygen atoms in total. The van der Waals surface area contributed by atoms with Crippen molar-refractivity contribution in [1.82, 2.24) is 15.2 Å². The molecule has 1 aromatic heterocycles. The molecule has 1 fully saturated rings. The molecule has 0 bridgehead atoms. The first-order chi connectivity index (χ1) is 6.74. The number of hydrogen-bond acceptors (Lipinski definition) is 5. The Kier molecular flexibility index (Phi) is 6.20. The molecule has 2 heterocycles. The summed E-state index contributed by atoms with van der Waals surface area (Å²) in [5, 5.41) is 16.8. The van der Waals surface area contributed by atoms with Crippen LogP contribution in [0.25, 0.3) is 0 Å². The Labute approximate surface area is 106 Å². The number of aromatic nitrogens is 3. The van der Waals surface area contributed by atoms with Gasteiger partial charge in [-0.3, -0.25) is 5.10 Å². The van der Waals surface area contributed by atoms with Crippen molar-refractivity contribution in [3.8, 4) is 0 Å². The number of nitrogens with one attached hydrogen (secondary N) is 1. The van der Waals surface area contributed by atoms with Crippen molar-refractivity contribution in [2.45, 2.75) is 25.0 Å². The monoisotopic (exact) mass is 270 g/mol. The van der Waals surface area contributed by atoms with E-state index in [9.17, 15) is 5.11 Å². The summed E-state index contributed by atoms with van der Waals surface area (Å²) in [6, 6.07) is 0. The highest BCUT2D eigenvalue weighted by Gasteiger charge is 2.35. The fourth-order valence-corrected chi connectivity index (χ4v) is 1.53. The van der Waals surface area contributed by atoms with Crippen LogP contribution < -0.4 is 5.73 Å². The number of aromatic amines is 1. The van der Waals surface area contributed by atoms with E-state index in [1.54, 1.807) is 0 Å². The van der Waals surface area contributed by atoms with Crippen molar-refractivity contribution in [2.75, 3.05) is 13.2 Å². The van der Waals surface area contributed by atoms with Gasteiger partial charge in [-0.15, -0.1) is 24.8 Å². The first-order valence-electron chi connectivity index (χ1n) is 4.66. The minimum Gasteiger partial charge on any atom is -0.382 e. The molecular weight excluding hydrogens is 255 g/mol. The van der Waals surface area contributed by atoms with E-state index in [0.717, 1.165) is 0 Å². The highest BCUT2D eigenvalue weighted by atomic mass is 35.5. The second-order valence-electron chi connectivity index (χ2n) is 3.45. The van der Waals surface area contributed by atoms with Gasteiger partial charge in [0.1, 0.15) is 11.4 Å². The first kappa shape index (κ1) is 15.6. The molecule has 1 saturated heterocycles. The number of nitrogens with zero attached hydrogens (tertiary/aromatic N) is 2. The van der Waals surface area contributed by atoms with E-state index in [1.807, 2.05) is 0 Å². The number of aliphatic hydroxyl groups is 1. The number of H-pyrrole nitrogens is 1. The van der Waals surface area contributed by atoms with Crippen LogP contribution in [-0.4, -0.2) is 33.5 Å². The summed E-state index contributed by atoms with van der Waals surface area (Å²) in [7, 11) is 0. The van der Waals surface area contributed by atoms with Crippen LogP contribution >= 0.6 is 24.8 Å². The smallest absolute Gasteiger partial charge is 0.182 e. The Balaban J connectivity index is 0.00000112. The van der Waals surface area contributed by atoms with Crippen LogP contribution in [0.2, 0.25) is 0 Å². The minimum atomic E-state index is -0.942. The second kappa shape index (κ2) is 6.36. The Morgan fingerprint density at radius 3 is 2.50 bits per heavy atom. The highest BCUT2D eigenvalue weighted by molar-refractivity contribution is 5.85. The molecule has 1 aromatic rings. The normalized spacial score (nSPS) is 18.4. The van der Waals surface area contributed by atoms with E-state index in [0.29, 0.717) is 44.2 Å². The number of nitrogens with two attached hydrogens (primary N) is 1. The zero-order valence-electron chi connectivity index (χ0n) is 8.68. The van der Waals surface area contributed by atoms with Crippen LogP contribution in [0.5, 0.6) is 0 Å². The fourth-order valence-electron chi connectivity index (χ4n) is 1.53. The third-order valence-electron chi connectivity index (χ3n) is 2.46. The van der Waals surface area contributed by atoms with Gasteiger partial charge < -0.3 is 15.6 Å². The minimum absolute atomic E-state index is 0. The van der Waals surface area contributed by atoms with Gasteiger partial charge in [-0.1, -0.05) is 0 Å². The largest absolute Gasteiger partial charge is 0.382 e. The van der Waals surface area contributed by atoms with Crippen LogP contribution in [0.1, 0.15) is 24.5 Å². The highest BCUT2D eigenvalue weighted by Crippen LogP contribution is 2.28. The van der Waals surface area contributed by atoms with Gasteiger partial charge in [-0.2, -0.15) is 5.10 Å². The number of halogens is 2. The van der Waals surface area contributed by atoms with Crippen LogP contribution in [0, 0.1) is 0 Å². The molecule has 16 heavy (non-hydrogen) atoms. The van der Waals surface area contributed by atoms with E-state index in [1.165, 1.54) is 0 Å². The zero-order chi connectivity index (χ0) is 10.0. The summed E-state index contributed by atoms with van der Waals surface area (Å²) in [6.45, 7) is 1.39. The van der Waals surface area contributed by atoms with Crippen LogP contribution in [-0.2, 0) is 16.9 Å². The molecule has 1 aliphatic heterocycles. The number of rotatable bonds is 2. The maximum absolute atomic E-state index is 10.2. The predicted molar refractivity (Wildman–Crippen MR) is 62.7 cm³/mol. The van der Waals surface area contributed by atoms with E-state index in [2.05, 4.69) is 15.2 Å². The van der Waals surface area contributed by atoms with E-state index < -0.39 is 5.60 Å². The van der Waals surface area contributed by atoms with Gasteiger partial charge in [-0.05, 0) is 0 Å². The molecule has 0 aromatic carbocycles. The summed E-state index contributed by atoms with van der Waals surface area (Å²) in [5.74, 6) is 1.03. The van der Waals surface area contributed by atoms with Gasteiger partial charge in [0.2, 0.25) is 0 Å². The summed E-state index contributed by atoms with van der Waals surface area (Å²) in [6.07, 6.45) is 1.07. The van der Waals surface area contributed by atoms with Crippen molar-refractivity contribution in [3.05, 3.63) is 11.6 Å². The fraction of sp³-hybridized carbons (Fsp3) is 0.750. The van der Waals surface area contributed by atoms with Gasteiger partial charge >= 0.3 is 0 Å². The molecule has 0 amide bonds. The van der Waals surface area contributed by atoms with E-state index >= 15 is 0 Å². The maximum atomic E-state index is 10.2. The van der Waals surface area contributed by atoms with Gasteiger partial charge in [0, 0.05) is 26.1 Å². The van der Waals surface area contributed by atoms with Crippen LogP contribution in [0.15, 0.2) is 0 Å². The maximum Gasteiger partial charge on any atom is 0.182 e. The molecule has 4 N–H and O–H groups in total. The van der Waals surface area contributed by atoms with Gasteiger partial charge in [0.15, 0.2) is 5.82 Å². The quantitative estimate of drug-likeness (QED) is 0.709. The van der Waals surface area contributed by atoms with Crippen molar-refractivity contribution in [1.29, 1.82) is 0 Å². The predicted octanol–water partition coefficient (Wildman–Crippen LogP) is 0.105. The molecule has 0 saturated carbocycles. The molecule has 2 rings (SSSR count). The van der Waals surface area contributed by atoms with E-state index in [-0.39, 0.29) is 24.8 Å². The zero-order valence-corrected chi connectivity index (χ0v) is 10.3. The van der Waals surface area contributed by atoms with E-state index in [4.69, 9.17) is 10.5 Å². The summed E-state index contributed by atoms with van der Waals surface area (Å²) < 4.78 is 5.17. The van der Waals surface area contributed by atoms with Crippen molar-refractivity contribution in [2.24, 2.45) is 5.73 Å². The molecular formula is C8H16Cl2N4O2. The summed E-state index contributed by atoms with van der Waals surface area (Å²) in [5.41, 5.74) is 4.45. The van der Waals surface area contributed by atoms with Gasteiger partial charge in [0.25, 0.3) is 0 Å². The molecule has 0 spiro atoms. The molecule has 0 aliphatic carbocycles. The lowest BCUT2D eigenvalue weighted by Crippen LogP contribution is -2.34. The SMILES string of the molecule is Cl.Cl.NCc1nc(C2(O)CCOCC2)n[nH]1. The Hall–Kier alpha value is -0.400. The van der Waals surface area contributed by atoms with Crippen molar-refractivity contribution in [3.63, 3.8) is 0 Å². The summed E-state index contributed by atoms with van der Waals surface area (Å²) >= 11 is 0. The molecule has 0 radical (unpaired) electrons. The lowest BCUT2D eigenvalue weighted by atomic mass is 9.94. The Bertz CT molecular complexity index is 315. The number of hydrogen-bond donors (Lipinski definition) is 3. The van der Waals surface area contributed by atoms with Crippen molar-refractivity contribution >= 4 is 24.8 Å². The molecule has 8 heteroatoms. The Morgan fingerprint density at radius 1 is 1.38 bits per heavy atom. The summed E-state index contributed by atoms with van der Waals surface area (Å²) in [4.78, 5) is 4.13. The van der Waals surface area contributed by atoms with Gasteiger partial charge in [-0.25, -0.2) is 4.98 Å². The third-order valence-corrected chi connectivity index (χ3v) is 2.46. The van der Waals surface area contributed by atoms with Crippen LogP contribution in [0.3, 0.4) is 0 Å². The second-order valence-corrected chi connectivity index (χ2v) is 3.45. The topological polar surface area (TPSA) is 97.1 Å². The Morgan fingerprint density at radius 2 is 2.00 bits per heavy atom. The third kappa shape index (κ3) is 3.05. The van der Waals surface area contributed by atoms with Crippen LogP contribution in [0.4, 0.5) is 0 Å². The molecule has 1 aliphatic rings. The molecule has 94 valence electrons. The molecule has 0 unspecified atom stereocenters.